The molecule has 1 heterocycles. The highest BCUT2D eigenvalue weighted by Gasteiger charge is 2.18. The molecule has 2 atom stereocenters. The minimum Gasteiger partial charge on any atom is -0.310 e. The zero-order valence-corrected chi connectivity index (χ0v) is 11.0. The summed E-state index contributed by atoms with van der Waals surface area (Å²) in [7, 11) is 0. The van der Waals surface area contributed by atoms with Crippen molar-refractivity contribution >= 4 is 0 Å². The molecule has 0 aliphatic rings. The molecular formula is C13H25N3. The Kier molecular flexibility index (Phi) is 5.53. The Hall–Kier alpha value is -0.830. The second-order valence-corrected chi connectivity index (χ2v) is 4.43. The van der Waals surface area contributed by atoms with E-state index < -0.39 is 0 Å². The van der Waals surface area contributed by atoms with Gasteiger partial charge >= 0.3 is 0 Å². The summed E-state index contributed by atoms with van der Waals surface area (Å²) in [5.74, 6) is 0.666. The summed E-state index contributed by atoms with van der Waals surface area (Å²) in [6, 6.07) is 0.449. The van der Waals surface area contributed by atoms with Gasteiger partial charge in [0.15, 0.2) is 0 Å². The lowest BCUT2D eigenvalue weighted by atomic mass is 9.93. The van der Waals surface area contributed by atoms with Crippen molar-refractivity contribution in [1.82, 2.24) is 15.1 Å². The first-order chi connectivity index (χ1) is 7.72. The highest BCUT2D eigenvalue weighted by atomic mass is 15.3. The van der Waals surface area contributed by atoms with Gasteiger partial charge in [-0.1, -0.05) is 27.2 Å². The molecule has 0 saturated heterocycles. The maximum Gasteiger partial charge on any atom is 0.0537 e. The summed E-state index contributed by atoms with van der Waals surface area (Å²) in [5, 5.41) is 7.92. The molecule has 0 aliphatic heterocycles. The van der Waals surface area contributed by atoms with Crippen LogP contribution in [0.1, 0.15) is 52.1 Å². The summed E-state index contributed by atoms with van der Waals surface area (Å²) in [6.45, 7) is 10.8. The van der Waals surface area contributed by atoms with E-state index in [0.717, 1.165) is 13.1 Å². The van der Waals surface area contributed by atoms with E-state index in [-0.39, 0.29) is 0 Å². The molecule has 0 fully saturated rings. The first-order valence-corrected chi connectivity index (χ1v) is 6.48. The summed E-state index contributed by atoms with van der Waals surface area (Å²) >= 11 is 0. The first kappa shape index (κ1) is 13.2. The van der Waals surface area contributed by atoms with Gasteiger partial charge in [0.25, 0.3) is 0 Å². The third-order valence-corrected chi connectivity index (χ3v) is 3.07. The van der Waals surface area contributed by atoms with Crippen molar-refractivity contribution in [1.29, 1.82) is 0 Å². The van der Waals surface area contributed by atoms with Crippen molar-refractivity contribution in [2.45, 2.75) is 53.1 Å². The van der Waals surface area contributed by atoms with Crippen molar-refractivity contribution in [2.75, 3.05) is 6.54 Å². The summed E-state index contributed by atoms with van der Waals surface area (Å²) < 4.78 is 2.00. The molecule has 2 unspecified atom stereocenters. The van der Waals surface area contributed by atoms with Crippen LogP contribution < -0.4 is 5.32 Å². The minimum atomic E-state index is 0.449. The van der Waals surface area contributed by atoms with E-state index in [1.807, 2.05) is 10.9 Å². The van der Waals surface area contributed by atoms with Gasteiger partial charge in [-0.05, 0) is 25.8 Å². The van der Waals surface area contributed by atoms with Gasteiger partial charge in [-0.15, -0.1) is 0 Å². The van der Waals surface area contributed by atoms with Gasteiger partial charge in [-0.25, -0.2) is 0 Å². The number of hydrogen-bond donors (Lipinski definition) is 1. The zero-order valence-electron chi connectivity index (χ0n) is 11.0. The van der Waals surface area contributed by atoms with Crippen LogP contribution in [-0.2, 0) is 6.54 Å². The lowest BCUT2D eigenvalue weighted by molar-refractivity contribution is 0.369. The largest absolute Gasteiger partial charge is 0.310 e. The number of aromatic nitrogens is 2. The van der Waals surface area contributed by atoms with Crippen LogP contribution >= 0.6 is 0 Å². The summed E-state index contributed by atoms with van der Waals surface area (Å²) in [4.78, 5) is 0. The van der Waals surface area contributed by atoms with E-state index in [1.54, 1.807) is 0 Å². The Bertz CT molecular complexity index is 293. The molecule has 3 heteroatoms. The van der Waals surface area contributed by atoms with Crippen molar-refractivity contribution in [3.8, 4) is 0 Å². The average Bonchev–Trinajstić information content (AvgIpc) is 2.74. The Morgan fingerprint density at radius 3 is 2.62 bits per heavy atom. The van der Waals surface area contributed by atoms with E-state index in [4.69, 9.17) is 0 Å². The SMILES string of the molecule is CCCC(C)C(NCC)c1cnn(CC)c1. The van der Waals surface area contributed by atoms with Gasteiger partial charge in [0.05, 0.1) is 6.20 Å². The fraction of sp³-hybridized carbons (Fsp3) is 0.769. The monoisotopic (exact) mass is 223 g/mol. The van der Waals surface area contributed by atoms with Gasteiger partial charge in [0.1, 0.15) is 0 Å². The van der Waals surface area contributed by atoms with Crippen LogP contribution in [0.3, 0.4) is 0 Å². The van der Waals surface area contributed by atoms with Crippen LogP contribution in [0.25, 0.3) is 0 Å². The van der Waals surface area contributed by atoms with Gasteiger partial charge < -0.3 is 5.32 Å². The van der Waals surface area contributed by atoms with Crippen LogP contribution in [0.4, 0.5) is 0 Å². The third kappa shape index (κ3) is 3.34. The smallest absolute Gasteiger partial charge is 0.0537 e. The molecule has 0 saturated carbocycles. The lowest BCUT2D eigenvalue weighted by Gasteiger charge is -2.23. The molecule has 1 rings (SSSR count). The zero-order chi connectivity index (χ0) is 12.0. The molecule has 92 valence electrons. The van der Waals surface area contributed by atoms with Gasteiger partial charge in [0.2, 0.25) is 0 Å². The molecule has 0 aromatic carbocycles. The topological polar surface area (TPSA) is 29.9 Å². The van der Waals surface area contributed by atoms with Crippen LogP contribution in [0.5, 0.6) is 0 Å². The van der Waals surface area contributed by atoms with E-state index in [0.29, 0.717) is 12.0 Å². The van der Waals surface area contributed by atoms with Crippen LogP contribution in [0.15, 0.2) is 12.4 Å². The van der Waals surface area contributed by atoms with Gasteiger partial charge in [0, 0.05) is 24.3 Å². The predicted molar refractivity (Wildman–Crippen MR) is 68.4 cm³/mol. The van der Waals surface area contributed by atoms with Crippen molar-refractivity contribution in [3.05, 3.63) is 18.0 Å². The Labute approximate surface area is 99.2 Å². The minimum absolute atomic E-state index is 0.449. The first-order valence-electron chi connectivity index (χ1n) is 6.48. The maximum atomic E-state index is 4.36. The molecule has 1 aromatic heterocycles. The molecule has 0 bridgehead atoms. The highest BCUT2D eigenvalue weighted by Crippen LogP contribution is 2.25. The second-order valence-electron chi connectivity index (χ2n) is 4.43. The van der Waals surface area contributed by atoms with Crippen LogP contribution in [-0.4, -0.2) is 16.3 Å². The summed E-state index contributed by atoms with van der Waals surface area (Å²) in [6.07, 6.45) is 6.67. The van der Waals surface area contributed by atoms with Crippen molar-refractivity contribution in [2.24, 2.45) is 5.92 Å². The van der Waals surface area contributed by atoms with Crippen molar-refractivity contribution in [3.63, 3.8) is 0 Å². The van der Waals surface area contributed by atoms with Gasteiger partial charge in [-0.2, -0.15) is 5.10 Å². The highest BCUT2D eigenvalue weighted by molar-refractivity contribution is 5.11. The Morgan fingerprint density at radius 2 is 2.12 bits per heavy atom. The maximum absolute atomic E-state index is 4.36. The number of aryl methyl sites for hydroxylation is 1. The fourth-order valence-corrected chi connectivity index (χ4v) is 2.20. The standard InChI is InChI=1S/C13H25N3/c1-5-8-11(4)13(14-6-2)12-9-15-16(7-3)10-12/h9-11,13-14H,5-8H2,1-4H3. The molecular weight excluding hydrogens is 198 g/mol. The van der Waals surface area contributed by atoms with Gasteiger partial charge in [-0.3, -0.25) is 4.68 Å². The molecule has 0 aliphatic carbocycles. The fourth-order valence-electron chi connectivity index (χ4n) is 2.20. The molecule has 0 spiro atoms. The quantitative estimate of drug-likeness (QED) is 0.770. The van der Waals surface area contributed by atoms with Crippen molar-refractivity contribution < 1.29 is 0 Å². The Balaban J connectivity index is 2.75. The molecule has 1 aromatic rings. The molecule has 16 heavy (non-hydrogen) atoms. The molecule has 0 amide bonds. The molecule has 3 nitrogen and oxygen atoms in total. The lowest BCUT2D eigenvalue weighted by Crippen LogP contribution is -2.26. The normalized spacial score (nSPS) is 15.0. The Morgan fingerprint density at radius 1 is 1.38 bits per heavy atom. The van der Waals surface area contributed by atoms with E-state index >= 15 is 0 Å². The van der Waals surface area contributed by atoms with E-state index in [9.17, 15) is 0 Å². The molecule has 0 radical (unpaired) electrons. The van der Waals surface area contributed by atoms with Crippen LogP contribution in [0.2, 0.25) is 0 Å². The second kappa shape index (κ2) is 6.69. The molecule has 1 N–H and O–H groups in total. The number of hydrogen-bond acceptors (Lipinski definition) is 2. The number of rotatable bonds is 7. The summed E-state index contributed by atoms with van der Waals surface area (Å²) in [5.41, 5.74) is 1.32. The van der Waals surface area contributed by atoms with E-state index in [1.165, 1.54) is 18.4 Å². The van der Waals surface area contributed by atoms with Crippen LogP contribution in [0, 0.1) is 5.92 Å². The average molecular weight is 223 g/mol. The number of nitrogens with one attached hydrogen (secondary N) is 1. The number of nitrogens with zero attached hydrogens (tertiary/aromatic N) is 2. The third-order valence-electron chi connectivity index (χ3n) is 3.07. The predicted octanol–water partition coefficient (Wildman–Crippen LogP) is 2.99. The van der Waals surface area contributed by atoms with E-state index in [2.05, 4.69) is 44.3 Å².